The van der Waals surface area contributed by atoms with Gasteiger partial charge in [-0.05, 0) is 67.3 Å². The smallest absolute Gasteiger partial charge is 0.323 e. The van der Waals surface area contributed by atoms with Crippen molar-refractivity contribution in [3.8, 4) is 0 Å². The maximum Gasteiger partial charge on any atom is 0.417 e. The lowest BCUT2D eigenvalue weighted by molar-refractivity contribution is -0.137. The second-order valence-corrected chi connectivity index (χ2v) is 9.46. The standard InChI is InChI=1S/C26H23ClF3N7O/c1-14-10-17(32-25(38)33-18-6-7-20(27)19(12-18)26(28,29)30)5-4-16(14)11-23-31-9-8-22(34-23)35-24-13-21(36-37-24)15-2-3-15/h4-10,12-13,15H,2-3,11H2,1H3,(H2,32,33,38)(H2,31,34,35,36,37). The lowest BCUT2D eigenvalue weighted by atomic mass is 10.0. The van der Waals surface area contributed by atoms with Gasteiger partial charge in [-0.15, -0.1) is 0 Å². The highest BCUT2D eigenvalue weighted by Crippen LogP contribution is 2.39. The van der Waals surface area contributed by atoms with Crippen molar-refractivity contribution in [2.75, 3.05) is 16.0 Å². The van der Waals surface area contributed by atoms with E-state index < -0.39 is 22.8 Å². The lowest BCUT2D eigenvalue weighted by Gasteiger charge is -2.13. The summed E-state index contributed by atoms with van der Waals surface area (Å²) in [6.07, 6.45) is -0.121. The molecule has 5 rings (SSSR count). The monoisotopic (exact) mass is 541 g/mol. The van der Waals surface area contributed by atoms with Gasteiger partial charge in [-0.1, -0.05) is 17.7 Å². The Kier molecular flexibility index (Phi) is 6.94. The normalized spacial score (nSPS) is 13.3. The maximum absolute atomic E-state index is 13.1. The number of aromatic nitrogens is 4. The number of carbonyl (C=O) groups excluding carboxylic acids is 1. The molecule has 1 saturated carbocycles. The largest absolute Gasteiger partial charge is 0.417 e. The first-order valence-electron chi connectivity index (χ1n) is 11.8. The number of hydrogen-bond donors (Lipinski definition) is 4. The van der Waals surface area contributed by atoms with E-state index in [0.717, 1.165) is 29.0 Å². The number of rotatable bonds is 7. The second kappa shape index (κ2) is 10.3. The summed E-state index contributed by atoms with van der Waals surface area (Å²) < 4.78 is 39.2. The third kappa shape index (κ3) is 6.23. The number of urea groups is 1. The zero-order chi connectivity index (χ0) is 26.9. The number of H-pyrrole nitrogens is 1. The van der Waals surface area contributed by atoms with E-state index in [-0.39, 0.29) is 5.69 Å². The van der Waals surface area contributed by atoms with Crippen molar-refractivity contribution in [3.63, 3.8) is 0 Å². The Morgan fingerprint density at radius 2 is 1.79 bits per heavy atom. The number of nitrogens with zero attached hydrogens (tertiary/aromatic N) is 3. The minimum atomic E-state index is -4.63. The van der Waals surface area contributed by atoms with Crippen LogP contribution in [0, 0.1) is 6.92 Å². The molecule has 1 aliphatic carbocycles. The van der Waals surface area contributed by atoms with Crippen LogP contribution in [0.5, 0.6) is 0 Å². The summed E-state index contributed by atoms with van der Waals surface area (Å²) in [5.74, 6) is 2.52. The highest BCUT2D eigenvalue weighted by Gasteiger charge is 2.33. The molecule has 0 spiro atoms. The van der Waals surface area contributed by atoms with Gasteiger partial charge < -0.3 is 16.0 Å². The molecule has 1 aliphatic rings. The van der Waals surface area contributed by atoms with E-state index in [1.807, 2.05) is 19.1 Å². The fourth-order valence-electron chi connectivity index (χ4n) is 3.95. The van der Waals surface area contributed by atoms with E-state index in [1.54, 1.807) is 24.4 Å². The molecule has 2 aromatic carbocycles. The summed E-state index contributed by atoms with van der Waals surface area (Å²) in [6, 6.07) is 11.6. The Morgan fingerprint density at radius 3 is 2.50 bits per heavy atom. The van der Waals surface area contributed by atoms with Crippen molar-refractivity contribution in [3.05, 3.63) is 88.0 Å². The molecule has 2 aromatic heterocycles. The quantitative estimate of drug-likeness (QED) is 0.201. The molecule has 0 atom stereocenters. The Labute approximate surface area is 221 Å². The van der Waals surface area contributed by atoms with Crippen LogP contribution in [0.1, 0.15) is 47.0 Å². The third-order valence-corrected chi connectivity index (χ3v) is 6.38. The number of aryl methyl sites for hydroxylation is 1. The van der Waals surface area contributed by atoms with Crippen molar-refractivity contribution in [2.45, 2.75) is 38.3 Å². The van der Waals surface area contributed by atoms with Crippen LogP contribution >= 0.6 is 11.6 Å². The number of anilines is 4. The van der Waals surface area contributed by atoms with Gasteiger partial charge in [0.05, 0.1) is 10.6 Å². The van der Waals surface area contributed by atoms with Crippen molar-refractivity contribution < 1.29 is 18.0 Å². The molecule has 38 heavy (non-hydrogen) atoms. The Morgan fingerprint density at radius 1 is 1.05 bits per heavy atom. The Bertz CT molecular complexity index is 1480. The predicted octanol–water partition coefficient (Wildman–Crippen LogP) is 7.04. The number of nitrogens with one attached hydrogen (secondary N) is 4. The molecule has 2 amide bonds. The van der Waals surface area contributed by atoms with E-state index >= 15 is 0 Å². The van der Waals surface area contributed by atoms with E-state index in [9.17, 15) is 18.0 Å². The summed E-state index contributed by atoms with van der Waals surface area (Å²) in [5, 5.41) is 15.1. The molecule has 2 heterocycles. The van der Waals surface area contributed by atoms with Crippen molar-refractivity contribution in [2.24, 2.45) is 0 Å². The topological polar surface area (TPSA) is 108 Å². The number of benzene rings is 2. The zero-order valence-corrected chi connectivity index (χ0v) is 20.9. The molecule has 0 saturated heterocycles. The minimum absolute atomic E-state index is 0.0307. The molecule has 196 valence electrons. The number of carbonyl (C=O) groups is 1. The van der Waals surface area contributed by atoms with Gasteiger partial charge in [0.2, 0.25) is 0 Å². The average molecular weight is 542 g/mol. The first-order chi connectivity index (χ1) is 18.1. The molecule has 8 nitrogen and oxygen atoms in total. The van der Waals surface area contributed by atoms with E-state index in [2.05, 4.69) is 36.1 Å². The number of alkyl halides is 3. The van der Waals surface area contributed by atoms with Crippen molar-refractivity contribution in [1.82, 2.24) is 20.2 Å². The van der Waals surface area contributed by atoms with Gasteiger partial charge in [-0.3, -0.25) is 5.10 Å². The highest BCUT2D eigenvalue weighted by molar-refractivity contribution is 6.31. The van der Waals surface area contributed by atoms with E-state index in [0.29, 0.717) is 35.5 Å². The number of aromatic amines is 1. The van der Waals surface area contributed by atoms with Crippen LogP contribution < -0.4 is 16.0 Å². The molecule has 4 aromatic rings. The summed E-state index contributed by atoms with van der Waals surface area (Å²) in [6.45, 7) is 1.89. The van der Waals surface area contributed by atoms with Crippen LogP contribution in [0.4, 0.5) is 41.0 Å². The summed E-state index contributed by atoms with van der Waals surface area (Å²) in [7, 11) is 0. The van der Waals surface area contributed by atoms with Crippen molar-refractivity contribution in [1.29, 1.82) is 0 Å². The molecule has 0 aliphatic heterocycles. The number of halogens is 4. The fourth-order valence-corrected chi connectivity index (χ4v) is 4.17. The average Bonchev–Trinajstić information content (AvgIpc) is 3.60. The third-order valence-electron chi connectivity index (χ3n) is 6.06. The summed E-state index contributed by atoms with van der Waals surface area (Å²) in [4.78, 5) is 21.3. The summed E-state index contributed by atoms with van der Waals surface area (Å²) in [5.41, 5.74) is 2.39. The van der Waals surface area contributed by atoms with Crippen molar-refractivity contribution >= 4 is 40.6 Å². The fraction of sp³-hybridized carbons (Fsp3) is 0.231. The Balaban J connectivity index is 1.21. The van der Waals surface area contributed by atoms with E-state index in [1.165, 1.54) is 18.9 Å². The summed E-state index contributed by atoms with van der Waals surface area (Å²) >= 11 is 5.63. The van der Waals surface area contributed by atoms with E-state index in [4.69, 9.17) is 11.6 Å². The Hall–Kier alpha value is -4.12. The van der Waals surface area contributed by atoms with Gasteiger partial charge in [0.25, 0.3) is 0 Å². The van der Waals surface area contributed by atoms with Gasteiger partial charge in [-0.25, -0.2) is 14.8 Å². The molecule has 0 unspecified atom stereocenters. The van der Waals surface area contributed by atoms with Crippen LogP contribution in [0.2, 0.25) is 5.02 Å². The SMILES string of the molecule is Cc1cc(NC(=O)Nc2ccc(Cl)c(C(F)(F)F)c2)ccc1Cc1nccc(Nc2cc(C3CC3)[nH]n2)n1. The van der Waals surface area contributed by atoms with Gasteiger partial charge in [0.15, 0.2) is 5.82 Å². The lowest BCUT2D eigenvalue weighted by Crippen LogP contribution is -2.20. The highest BCUT2D eigenvalue weighted by atomic mass is 35.5. The van der Waals surface area contributed by atoms with Gasteiger partial charge >= 0.3 is 12.2 Å². The minimum Gasteiger partial charge on any atom is -0.323 e. The zero-order valence-electron chi connectivity index (χ0n) is 20.2. The number of amides is 2. The van der Waals surface area contributed by atoms with Crippen LogP contribution in [0.25, 0.3) is 0 Å². The molecule has 12 heteroatoms. The maximum atomic E-state index is 13.1. The predicted molar refractivity (Wildman–Crippen MR) is 139 cm³/mol. The van der Waals surface area contributed by atoms with Crippen LogP contribution in [0.15, 0.2) is 54.7 Å². The second-order valence-electron chi connectivity index (χ2n) is 9.06. The first kappa shape index (κ1) is 25.5. The molecule has 4 N–H and O–H groups in total. The van der Waals surface area contributed by atoms with Crippen LogP contribution in [-0.2, 0) is 12.6 Å². The van der Waals surface area contributed by atoms with Crippen LogP contribution in [0.3, 0.4) is 0 Å². The van der Waals surface area contributed by atoms with Crippen LogP contribution in [-0.4, -0.2) is 26.2 Å². The molecule has 0 bridgehead atoms. The molecular formula is C26H23ClF3N7O. The van der Waals surface area contributed by atoms with Gasteiger partial charge in [-0.2, -0.15) is 18.3 Å². The molecule has 0 radical (unpaired) electrons. The molecular weight excluding hydrogens is 519 g/mol. The van der Waals surface area contributed by atoms with Gasteiger partial charge in [0, 0.05) is 41.7 Å². The first-order valence-corrected chi connectivity index (χ1v) is 12.2. The molecule has 1 fully saturated rings. The number of hydrogen-bond acceptors (Lipinski definition) is 5. The van der Waals surface area contributed by atoms with Gasteiger partial charge in [0.1, 0.15) is 11.6 Å².